The van der Waals surface area contributed by atoms with Crippen LogP contribution in [0.5, 0.6) is 0 Å². The number of aromatic nitrogens is 1. The molecule has 1 fully saturated rings. The fourth-order valence-electron chi connectivity index (χ4n) is 3.97. The third-order valence-corrected chi connectivity index (χ3v) is 5.63. The molecule has 0 aliphatic carbocycles. The number of hydrogen-bond acceptors (Lipinski definition) is 5. The van der Waals surface area contributed by atoms with E-state index in [9.17, 15) is 13.6 Å². The summed E-state index contributed by atoms with van der Waals surface area (Å²) in [5, 5.41) is 6.39. The van der Waals surface area contributed by atoms with Crippen molar-refractivity contribution in [2.75, 3.05) is 23.8 Å². The van der Waals surface area contributed by atoms with Crippen LogP contribution in [-0.4, -0.2) is 24.1 Å². The Morgan fingerprint density at radius 3 is 2.42 bits per heavy atom. The Morgan fingerprint density at radius 2 is 1.76 bits per heavy atom. The lowest BCUT2D eigenvalue weighted by molar-refractivity contribution is -0.117. The molecular formula is C25H26F2N4O2. The minimum atomic E-state index is -0.648. The van der Waals surface area contributed by atoms with Crippen LogP contribution in [0.3, 0.4) is 0 Å². The first kappa shape index (κ1) is 22.7. The monoisotopic (exact) mass is 452 g/mol. The molecule has 4 N–H and O–H groups in total. The van der Waals surface area contributed by atoms with E-state index in [1.54, 1.807) is 12.3 Å². The van der Waals surface area contributed by atoms with Crippen molar-refractivity contribution in [3.05, 3.63) is 83.1 Å². The lowest BCUT2D eigenvalue weighted by atomic mass is 9.92. The minimum Gasteiger partial charge on any atom is -0.381 e. The van der Waals surface area contributed by atoms with Crippen LogP contribution < -0.4 is 16.4 Å². The molecule has 2 heterocycles. The molecule has 0 atom stereocenters. The van der Waals surface area contributed by atoms with Gasteiger partial charge in [-0.25, -0.2) is 13.8 Å². The summed E-state index contributed by atoms with van der Waals surface area (Å²) in [6, 6.07) is 13.3. The highest BCUT2D eigenvalue weighted by molar-refractivity contribution is 5.79. The van der Waals surface area contributed by atoms with Gasteiger partial charge in [-0.1, -0.05) is 12.1 Å². The maximum atomic E-state index is 13.5. The van der Waals surface area contributed by atoms with Crippen LogP contribution in [0.2, 0.25) is 0 Å². The molecule has 2 aromatic carbocycles. The molecule has 0 saturated carbocycles. The van der Waals surface area contributed by atoms with Crippen LogP contribution in [0.25, 0.3) is 0 Å². The van der Waals surface area contributed by atoms with Gasteiger partial charge in [0.15, 0.2) is 0 Å². The van der Waals surface area contributed by atoms with E-state index in [1.807, 2.05) is 12.1 Å². The summed E-state index contributed by atoms with van der Waals surface area (Å²) in [4.78, 5) is 15.9. The Kier molecular flexibility index (Phi) is 7.14. The van der Waals surface area contributed by atoms with E-state index in [0.29, 0.717) is 28.6 Å². The van der Waals surface area contributed by atoms with Crippen molar-refractivity contribution in [1.29, 1.82) is 0 Å². The third kappa shape index (κ3) is 6.26. The second-order valence-corrected chi connectivity index (χ2v) is 8.13. The summed E-state index contributed by atoms with van der Waals surface area (Å²) < 4.78 is 32.4. The Bertz CT molecular complexity index is 1100. The predicted octanol–water partition coefficient (Wildman–Crippen LogP) is 4.64. The predicted molar refractivity (Wildman–Crippen MR) is 123 cm³/mol. The Labute approximate surface area is 191 Å². The van der Waals surface area contributed by atoms with E-state index in [0.717, 1.165) is 37.8 Å². The molecule has 1 saturated heterocycles. The number of hydrogen-bond donors (Lipinski definition) is 3. The summed E-state index contributed by atoms with van der Waals surface area (Å²) in [7, 11) is 0. The van der Waals surface area contributed by atoms with Gasteiger partial charge in [-0.05, 0) is 54.2 Å². The van der Waals surface area contributed by atoms with Crippen molar-refractivity contribution in [3.8, 4) is 0 Å². The molecule has 1 amide bonds. The molecule has 0 radical (unpaired) electrons. The SMILES string of the molecule is NC(=O)Cc1cnc(Nc2ccc(C3CCOCC3)cc2)cc1NCc1cc(F)cc(F)c1. The number of amides is 1. The zero-order valence-electron chi connectivity index (χ0n) is 18.1. The van der Waals surface area contributed by atoms with Crippen molar-refractivity contribution in [2.45, 2.75) is 31.7 Å². The molecule has 8 heteroatoms. The number of nitrogens with two attached hydrogens (primary N) is 1. The lowest BCUT2D eigenvalue weighted by Crippen LogP contribution is -2.15. The number of anilines is 3. The number of nitrogens with one attached hydrogen (secondary N) is 2. The van der Waals surface area contributed by atoms with Gasteiger partial charge < -0.3 is 21.1 Å². The Hall–Kier alpha value is -3.52. The molecule has 0 spiro atoms. The first-order valence-electron chi connectivity index (χ1n) is 10.9. The number of carbonyl (C=O) groups is 1. The van der Waals surface area contributed by atoms with Gasteiger partial charge in [0, 0.05) is 55.0 Å². The van der Waals surface area contributed by atoms with Gasteiger partial charge in [-0.3, -0.25) is 4.79 Å². The average Bonchev–Trinajstić information content (AvgIpc) is 2.79. The second-order valence-electron chi connectivity index (χ2n) is 8.13. The van der Waals surface area contributed by atoms with E-state index >= 15 is 0 Å². The number of nitrogens with zero attached hydrogens (tertiary/aromatic N) is 1. The number of carbonyl (C=O) groups excluding carboxylic acids is 1. The number of benzene rings is 2. The lowest BCUT2D eigenvalue weighted by Gasteiger charge is -2.22. The van der Waals surface area contributed by atoms with Crippen LogP contribution >= 0.6 is 0 Å². The molecule has 1 aromatic heterocycles. The molecule has 3 aromatic rings. The van der Waals surface area contributed by atoms with Crippen molar-refractivity contribution in [1.82, 2.24) is 4.98 Å². The van der Waals surface area contributed by atoms with Gasteiger partial charge in [0.25, 0.3) is 0 Å². The summed E-state index contributed by atoms with van der Waals surface area (Å²) in [6.45, 7) is 1.76. The fraction of sp³-hybridized carbons (Fsp3) is 0.280. The number of ether oxygens (including phenoxy) is 1. The highest BCUT2D eigenvalue weighted by Gasteiger charge is 2.16. The molecule has 0 unspecified atom stereocenters. The van der Waals surface area contributed by atoms with Crippen molar-refractivity contribution >= 4 is 23.1 Å². The molecule has 6 nitrogen and oxygen atoms in total. The van der Waals surface area contributed by atoms with Crippen molar-refractivity contribution in [2.24, 2.45) is 5.73 Å². The zero-order valence-corrected chi connectivity index (χ0v) is 18.1. The zero-order chi connectivity index (χ0) is 23.2. The van der Waals surface area contributed by atoms with Gasteiger partial charge in [0.2, 0.25) is 5.91 Å². The van der Waals surface area contributed by atoms with Gasteiger partial charge in [-0.15, -0.1) is 0 Å². The topological polar surface area (TPSA) is 89.3 Å². The quantitative estimate of drug-likeness (QED) is 0.463. The molecule has 1 aliphatic heterocycles. The standard InChI is InChI=1S/C25H26F2N4O2/c26-20-9-16(10-21(27)12-20)14-29-23-13-25(30-15-19(23)11-24(28)32)31-22-3-1-17(2-4-22)18-5-7-33-8-6-18/h1-4,9-10,12-13,15,18H,5-8,11,14H2,(H2,28,32)(H2,29,30,31). The van der Waals surface area contributed by atoms with Crippen LogP contribution in [-0.2, 0) is 22.5 Å². The average molecular weight is 453 g/mol. The Morgan fingerprint density at radius 1 is 1.06 bits per heavy atom. The van der Waals surface area contributed by atoms with Crippen molar-refractivity contribution < 1.29 is 18.3 Å². The first-order chi connectivity index (χ1) is 16.0. The van der Waals surface area contributed by atoms with E-state index in [4.69, 9.17) is 10.5 Å². The molecular weight excluding hydrogens is 426 g/mol. The van der Waals surface area contributed by atoms with E-state index in [2.05, 4.69) is 27.8 Å². The maximum absolute atomic E-state index is 13.5. The summed E-state index contributed by atoms with van der Waals surface area (Å²) in [5.41, 5.74) is 9.17. The second kappa shape index (κ2) is 10.4. The third-order valence-electron chi connectivity index (χ3n) is 5.63. The number of halogens is 2. The number of rotatable bonds is 8. The summed E-state index contributed by atoms with van der Waals surface area (Å²) in [6.07, 6.45) is 3.62. The smallest absolute Gasteiger partial charge is 0.221 e. The van der Waals surface area contributed by atoms with E-state index in [-0.39, 0.29) is 13.0 Å². The highest BCUT2D eigenvalue weighted by Crippen LogP contribution is 2.29. The molecule has 33 heavy (non-hydrogen) atoms. The molecule has 4 rings (SSSR count). The fourth-order valence-corrected chi connectivity index (χ4v) is 3.97. The van der Waals surface area contributed by atoms with Gasteiger partial charge in [-0.2, -0.15) is 0 Å². The van der Waals surface area contributed by atoms with Gasteiger partial charge in [0.05, 0.1) is 6.42 Å². The summed E-state index contributed by atoms with van der Waals surface area (Å²) >= 11 is 0. The highest BCUT2D eigenvalue weighted by atomic mass is 19.1. The van der Waals surface area contributed by atoms with Gasteiger partial charge >= 0.3 is 0 Å². The number of primary amides is 1. The molecule has 0 bridgehead atoms. The first-order valence-corrected chi connectivity index (χ1v) is 10.9. The van der Waals surface area contributed by atoms with Crippen LogP contribution in [0.15, 0.2) is 54.7 Å². The molecule has 172 valence electrons. The Balaban J connectivity index is 1.49. The normalized spacial score (nSPS) is 14.1. The van der Waals surface area contributed by atoms with Crippen LogP contribution in [0.1, 0.15) is 35.4 Å². The van der Waals surface area contributed by atoms with E-state index in [1.165, 1.54) is 17.7 Å². The number of pyridine rings is 1. The van der Waals surface area contributed by atoms with Crippen LogP contribution in [0, 0.1) is 11.6 Å². The largest absolute Gasteiger partial charge is 0.381 e. The van der Waals surface area contributed by atoms with Crippen LogP contribution in [0.4, 0.5) is 26.0 Å². The van der Waals surface area contributed by atoms with E-state index < -0.39 is 17.5 Å². The minimum absolute atomic E-state index is 0.00702. The van der Waals surface area contributed by atoms with Crippen molar-refractivity contribution in [3.63, 3.8) is 0 Å². The van der Waals surface area contributed by atoms with Gasteiger partial charge in [0.1, 0.15) is 17.5 Å². The maximum Gasteiger partial charge on any atom is 0.221 e. The molecule has 1 aliphatic rings. The summed E-state index contributed by atoms with van der Waals surface area (Å²) in [5.74, 6) is -0.714.